The lowest BCUT2D eigenvalue weighted by Gasteiger charge is -2.21. The molecule has 1 atom stereocenters. The number of nitrogens with zero attached hydrogens (tertiary/aromatic N) is 1. The summed E-state index contributed by atoms with van der Waals surface area (Å²) in [7, 11) is 0. The average Bonchev–Trinajstić information content (AvgIpc) is 2.90. The molecule has 0 saturated heterocycles. The zero-order valence-corrected chi connectivity index (χ0v) is 15.6. The molecule has 0 bridgehead atoms. The Labute approximate surface area is 158 Å². The van der Waals surface area contributed by atoms with Crippen LogP contribution < -0.4 is 10.1 Å². The van der Waals surface area contributed by atoms with Gasteiger partial charge in [-0.3, -0.25) is 19.3 Å². The van der Waals surface area contributed by atoms with Crippen molar-refractivity contribution in [3.05, 3.63) is 64.7 Å². The molecule has 140 valence electrons. The zero-order chi connectivity index (χ0) is 19.6. The van der Waals surface area contributed by atoms with Crippen LogP contribution >= 0.6 is 0 Å². The van der Waals surface area contributed by atoms with Crippen LogP contribution in [0.4, 0.5) is 0 Å². The van der Waals surface area contributed by atoms with Gasteiger partial charge in [-0.2, -0.15) is 0 Å². The number of imide groups is 1. The highest BCUT2D eigenvalue weighted by atomic mass is 16.5. The first-order valence-corrected chi connectivity index (χ1v) is 8.85. The summed E-state index contributed by atoms with van der Waals surface area (Å²) < 4.78 is 5.68. The van der Waals surface area contributed by atoms with Crippen molar-refractivity contribution < 1.29 is 19.1 Å². The number of carbonyl (C=O) groups is 3. The van der Waals surface area contributed by atoms with Crippen molar-refractivity contribution in [2.75, 3.05) is 13.2 Å². The highest BCUT2D eigenvalue weighted by molar-refractivity contribution is 6.22. The van der Waals surface area contributed by atoms with Crippen molar-refractivity contribution in [2.24, 2.45) is 0 Å². The molecule has 1 heterocycles. The summed E-state index contributed by atoms with van der Waals surface area (Å²) in [6.07, 6.45) is 0. The smallest absolute Gasteiger partial charge is 0.262 e. The molecular weight excluding hydrogens is 344 g/mol. The summed E-state index contributed by atoms with van der Waals surface area (Å²) >= 11 is 0. The van der Waals surface area contributed by atoms with Crippen molar-refractivity contribution in [3.8, 4) is 5.75 Å². The lowest BCUT2D eigenvalue weighted by atomic mass is 10.1. The van der Waals surface area contributed by atoms with Gasteiger partial charge in [-0.05, 0) is 44.5 Å². The fraction of sp³-hybridized carbons (Fsp3) is 0.286. The van der Waals surface area contributed by atoms with Gasteiger partial charge in [0.2, 0.25) is 5.91 Å². The highest BCUT2D eigenvalue weighted by Gasteiger charge is 2.40. The molecule has 2 aromatic carbocycles. The molecule has 1 unspecified atom stereocenters. The topological polar surface area (TPSA) is 75.7 Å². The van der Waals surface area contributed by atoms with Gasteiger partial charge >= 0.3 is 0 Å². The van der Waals surface area contributed by atoms with Gasteiger partial charge in [0.05, 0.1) is 17.7 Å². The van der Waals surface area contributed by atoms with Gasteiger partial charge in [0, 0.05) is 0 Å². The van der Waals surface area contributed by atoms with E-state index in [-0.39, 0.29) is 6.54 Å². The predicted octanol–water partition coefficient (Wildman–Crippen LogP) is 2.48. The fourth-order valence-electron chi connectivity index (χ4n) is 3.12. The van der Waals surface area contributed by atoms with Crippen LogP contribution in [0.25, 0.3) is 0 Å². The van der Waals surface area contributed by atoms with E-state index in [1.54, 1.807) is 31.2 Å². The van der Waals surface area contributed by atoms with Crippen molar-refractivity contribution in [1.29, 1.82) is 0 Å². The number of hydrogen-bond donors (Lipinski definition) is 1. The lowest BCUT2D eigenvalue weighted by molar-refractivity contribution is -0.124. The van der Waals surface area contributed by atoms with E-state index < -0.39 is 23.8 Å². The number of amides is 3. The van der Waals surface area contributed by atoms with E-state index in [2.05, 4.69) is 5.32 Å². The van der Waals surface area contributed by atoms with E-state index in [4.69, 9.17) is 4.74 Å². The van der Waals surface area contributed by atoms with Crippen LogP contribution in [-0.4, -0.2) is 41.8 Å². The molecule has 6 nitrogen and oxygen atoms in total. The van der Waals surface area contributed by atoms with Crippen LogP contribution in [0.15, 0.2) is 42.5 Å². The fourth-order valence-corrected chi connectivity index (χ4v) is 3.12. The Hall–Kier alpha value is -3.15. The molecule has 2 aromatic rings. The quantitative estimate of drug-likeness (QED) is 0.629. The average molecular weight is 366 g/mol. The lowest BCUT2D eigenvalue weighted by Crippen LogP contribution is -2.48. The standard InChI is InChI=1S/C21H22N2O4/c1-13-8-9-18(14(2)12-13)27-11-10-22-19(24)15(3)23-20(25)16-6-4-5-7-17(16)21(23)26/h4-9,12,15H,10-11H2,1-3H3,(H,22,24). The molecule has 27 heavy (non-hydrogen) atoms. The minimum Gasteiger partial charge on any atom is -0.491 e. The second kappa shape index (κ2) is 7.61. The minimum atomic E-state index is -0.890. The van der Waals surface area contributed by atoms with Crippen LogP contribution in [0.5, 0.6) is 5.75 Å². The number of ether oxygens (including phenoxy) is 1. The Morgan fingerprint density at radius 2 is 1.70 bits per heavy atom. The van der Waals surface area contributed by atoms with Crippen LogP contribution in [0.1, 0.15) is 38.8 Å². The number of benzene rings is 2. The summed E-state index contributed by atoms with van der Waals surface area (Å²) in [6, 6.07) is 11.6. The molecule has 3 amide bonds. The third kappa shape index (κ3) is 3.69. The highest BCUT2D eigenvalue weighted by Crippen LogP contribution is 2.24. The van der Waals surface area contributed by atoms with Gasteiger partial charge in [0.25, 0.3) is 11.8 Å². The molecule has 0 fully saturated rings. The molecule has 1 aliphatic heterocycles. The Bertz CT molecular complexity index is 872. The number of fused-ring (bicyclic) bond motifs is 1. The summed E-state index contributed by atoms with van der Waals surface area (Å²) in [6.45, 7) is 6.09. The second-order valence-electron chi connectivity index (χ2n) is 6.61. The van der Waals surface area contributed by atoms with E-state index in [9.17, 15) is 14.4 Å². The molecule has 0 aliphatic carbocycles. The summed E-state index contributed by atoms with van der Waals surface area (Å²) in [5, 5.41) is 2.72. The van der Waals surface area contributed by atoms with Gasteiger partial charge in [0.1, 0.15) is 18.4 Å². The molecule has 6 heteroatoms. The maximum absolute atomic E-state index is 12.4. The van der Waals surface area contributed by atoms with Gasteiger partial charge < -0.3 is 10.1 Å². The van der Waals surface area contributed by atoms with E-state index in [0.717, 1.165) is 21.8 Å². The van der Waals surface area contributed by atoms with Gasteiger partial charge in [0.15, 0.2) is 0 Å². The number of aryl methyl sites for hydroxylation is 2. The number of nitrogens with one attached hydrogen (secondary N) is 1. The Morgan fingerprint density at radius 1 is 1.07 bits per heavy atom. The van der Waals surface area contributed by atoms with Crippen LogP contribution in [0, 0.1) is 13.8 Å². The van der Waals surface area contributed by atoms with E-state index >= 15 is 0 Å². The third-order valence-corrected chi connectivity index (χ3v) is 4.58. The largest absolute Gasteiger partial charge is 0.491 e. The Balaban J connectivity index is 1.54. The molecule has 1 aliphatic rings. The van der Waals surface area contributed by atoms with Crippen molar-refractivity contribution in [2.45, 2.75) is 26.8 Å². The van der Waals surface area contributed by atoms with Crippen molar-refractivity contribution >= 4 is 17.7 Å². The van der Waals surface area contributed by atoms with Crippen molar-refractivity contribution in [1.82, 2.24) is 10.2 Å². The molecule has 1 N–H and O–H groups in total. The first-order valence-electron chi connectivity index (χ1n) is 8.85. The van der Waals surface area contributed by atoms with E-state index in [0.29, 0.717) is 17.7 Å². The predicted molar refractivity (Wildman–Crippen MR) is 101 cm³/mol. The van der Waals surface area contributed by atoms with Crippen LogP contribution in [-0.2, 0) is 4.79 Å². The number of rotatable bonds is 6. The molecule has 0 aromatic heterocycles. The normalized spacial score (nSPS) is 14.1. The maximum atomic E-state index is 12.4. The molecule has 0 saturated carbocycles. The first-order chi connectivity index (χ1) is 12.9. The Kier molecular flexibility index (Phi) is 5.26. The third-order valence-electron chi connectivity index (χ3n) is 4.58. The van der Waals surface area contributed by atoms with Crippen molar-refractivity contribution in [3.63, 3.8) is 0 Å². The summed E-state index contributed by atoms with van der Waals surface area (Å²) in [5.74, 6) is -0.508. The SMILES string of the molecule is Cc1ccc(OCCNC(=O)C(C)N2C(=O)c3ccccc3C2=O)c(C)c1. The summed E-state index contributed by atoms with van der Waals surface area (Å²) in [4.78, 5) is 38.3. The zero-order valence-electron chi connectivity index (χ0n) is 15.6. The number of carbonyl (C=O) groups excluding carboxylic acids is 3. The van der Waals surface area contributed by atoms with Gasteiger partial charge in [-0.15, -0.1) is 0 Å². The minimum absolute atomic E-state index is 0.277. The Morgan fingerprint density at radius 3 is 2.30 bits per heavy atom. The van der Waals surface area contributed by atoms with E-state index in [1.165, 1.54) is 0 Å². The first kappa shape index (κ1) is 18.6. The summed E-state index contributed by atoms with van der Waals surface area (Å²) in [5.41, 5.74) is 2.85. The van der Waals surface area contributed by atoms with Gasteiger partial charge in [-0.25, -0.2) is 0 Å². The number of hydrogen-bond acceptors (Lipinski definition) is 4. The van der Waals surface area contributed by atoms with Crippen LogP contribution in [0.3, 0.4) is 0 Å². The second-order valence-corrected chi connectivity index (χ2v) is 6.61. The van der Waals surface area contributed by atoms with Crippen LogP contribution in [0.2, 0.25) is 0 Å². The molecule has 0 spiro atoms. The van der Waals surface area contributed by atoms with E-state index in [1.807, 2.05) is 32.0 Å². The molecule has 3 rings (SSSR count). The molecule has 0 radical (unpaired) electrons. The monoisotopic (exact) mass is 366 g/mol. The van der Waals surface area contributed by atoms with Gasteiger partial charge in [-0.1, -0.05) is 29.8 Å². The maximum Gasteiger partial charge on any atom is 0.262 e. The molecular formula is C21H22N2O4.